The Hall–Kier alpha value is -2.08. The van der Waals surface area contributed by atoms with Crippen LogP contribution in [-0.4, -0.2) is 21.0 Å². The molecule has 0 aliphatic rings. The molecule has 2 aromatic rings. The average molecular weight is 303 g/mol. The van der Waals surface area contributed by atoms with Crippen molar-refractivity contribution >= 4 is 23.4 Å². The number of nitrogens with zero attached hydrogens (tertiary/aromatic N) is 2. The summed E-state index contributed by atoms with van der Waals surface area (Å²) in [5.74, 6) is -0.546. The molecule has 2 rings (SSSR count). The Morgan fingerprint density at radius 1 is 1.24 bits per heavy atom. The van der Waals surface area contributed by atoms with E-state index >= 15 is 0 Å². The number of carboxylic acid groups (broad SMARTS) is 1. The van der Waals surface area contributed by atoms with E-state index in [9.17, 15) is 9.90 Å². The maximum atomic E-state index is 11.3. The number of nitrogens with two attached hydrogens (primary N) is 1. The van der Waals surface area contributed by atoms with Crippen molar-refractivity contribution in [1.29, 1.82) is 0 Å². The number of aryl methyl sites for hydroxylation is 2. The predicted octanol–water partition coefficient (Wildman–Crippen LogP) is 2.97. The fourth-order valence-electron chi connectivity index (χ4n) is 1.95. The number of benzene rings is 1. The molecule has 21 heavy (non-hydrogen) atoms. The van der Waals surface area contributed by atoms with E-state index in [-0.39, 0.29) is 11.3 Å². The number of hydrogen-bond acceptors (Lipinski definition) is 5. The van der Waals surface area contributed by atoms with Crippen LogP contribution in [0.15, 0.2) is 23.4 Å². The molecule has 1 aromatic heterocycles. The number of aromatic carboxylic acids is 1. The van der Waals surface area contributed by atoms with Crippen LogP contribution in [0.5, 0.6) is 0 Å². The molecule has 0 aliphatic carbocycles. The van der Waals surface area contributed by atoms with E-state index in [0.717, 1.165) is 17.0 Å². The molecule has 0 aliphatic heterocycles. The van der Waals surface area contributed by atoms with Gasteiger partial charge in [0.15, 0.2) is 5.16 Å². The Balaban J connectivity index is 2.25. The summed E-state index contributed by atoms with van der Waals surface area (Å²) >= 11 is 1.41. The Morgan fingerprint density at radius 2 is 1.86 bits per heavy atom. The van der Waals surface area contributed by atoms with Crippen molar-refractivity contribution in [1.82, 2.24) is 9.97 Å². The Kier molecular flexibility index (Phi) is 4.47. The predicted molar refractivity (Wildman–Crippen MR) is 83.6 cm³/mol. The number of anilines is 1. The fourth-order valence-corrected chi connectivity index (χ4v) is 2.88. The van der Waals surface area contributed by atoms with Crippen LogP contribution in [0.3, 0.4) is 0 Å². The lowest BCUT2D eigenvalue weighted by Gasteiger charge is -2.09. The SMILES string of the molecule is Cc1nc(SCc2cccc(N)c2C(=O)O)nc(C)c1C. The van der Waals surface area contributed by atoms with Crippen molar-refractivity contribution in [2.45, 2.75) is 31.7 Å². The second-order valence-electron chi connectivity index (χ2n) is 4.78. The summed E-state index contributed by atoms with van der Waals surface area (Å²) in [6.07, 6.45) is 0. The quantitative estimate of drug-likeness (QED) is 0.513. The minimum atomic E-state index is -1.01. The summed E-state index contributed by atoms with van der Waals surface area (Å²) in [7, 11) is 0. The van der Waals surface area contributed by atoms with Gasteiger partial charge in [-0.3, -0.25) is 0 Å². The van der Waals surface area contributed by atoms with Crippen LogP contribution in [-0.2, 0) is 5.75 Å². The molecule has 0 saturated carbocycles. The Morgan fingerprint density at radius 3 is 2.43 bits per heavy atom. The second-order valence-corrected chi connectivity index (χ2v) is 5.72. The molecule has 110 valence electrons. The maximum Gasteiger partial charge on any atom is 0.338 e. The fraction of sp³-hybridized carbons (Fsp3) is 0.267. The molecule has 0 bridgehead atoms. The van der Waals surface area contributed by atoms with Crippen LogP contribution in [0, 0.1) is 20.8 Å². The van der Waals surface area contributed by atoms with Crippen LogP contribution in [0.2, 0.25) is 0 Å². The zero-order valence-electron chi connectivity index (χ0n) is 12.2. The van der Waals surface area contributed by atoms with E-state index in [1.807, 2.05) is 20.8 Å². The van der Waals surface area contributed by atoms with Crippen molar-refractivity contribution < 1.29 is 9.90 Å². The van der Waals surface area contributed by atoms with Gasteiger partial charge < -0.3 is 10.8 Å². The van der Waals surface area contributed by atoms with Crippen LogP contribution < -0.4 is 5.73 Å². The first-order chi connectivity index (χ1) is 9.90. The molecule has 0 saturated heterocycles. The van der Waals surface area contributed by atoms with Crippen LogP contribution in [0.1, 0.15) is 32.9 Å². The minimum absolute atomic E-state index is 0.158. The lowest BCUT2D eigenvalue weighted by atomic mass is 10.1. The third-order valence-corrected chi connectivity index (χ3v) is 4.26. The van der Waals surface area contributed by atoms with Gasteiger partial charge in [0.25, 0.3) is 0 Å². The van der Waals surface area contributed by atoms with Gasteiger partial charge in [-0.05, 0) is 38.0 Å². The molecule has 0 spiro atoms. The number of hydrogen-bond donors (Lipinski definition) is 2. The smallest absolute Gasteiger partial charge is 0.338 e. The van der Waals surface area contributed by atoms with Crippen molar-refractivity contribution in [3.63, 3.8) is 0 Å². The topological polar surface area (TPSA) is 89.1 Å². The van der Waals surface area contributed by atoms with E-state index in [2.05, 4.69) is 9.97 Å². The Labute approximate surface area is 127 Å². The van der Waals surface area contributed by atoms with Gasteiger partial charge in [0.2, 0.25) is 0 Å². The minimum Gasteiger partial charge on any atom is -0.478 e. The van der Waals surface area contributed by atoms with Gasteiger partial charge in [-0.15, -0.1) is 0 Å². The normalized spacial score (nSPS) is 10.6. The second kappa shape index (κ2) is 6.13. The number of rotatable bonds is 4. The summed E-state index contributed by atoms with van der Waals surface area (Å²) in [5.41, 5.74) is 9.80. The number of aromatic nitrogens is 2. The third kappa shape index (κ3) is 3.33. The summed E-state index contributed by atoms with van der Waals surface area (Å²) in [4.78, 5) is 20.1. The van der Waals surface area contributed by atoms with Gasteiger partial charge in [0.05, 0.1) is 5.56 Å². The largest absolute Gasteiger partial charge is 0.478 e. The molecular formula is C15H17N3O2S. The third-order valence-electron chi connectivity index (χ3n) is 3.37. The highest BCUT2D eigenvalue weighted by atomic mass is 32.2. The van der Waals surface area contributed by atoms with Crippen molar-refractivity contribution in [3.8, 4) is 0 Å². The highest BCUT2D eigenvalue weighted by Gasteiger charge is 2.14. The van der Waals surface area contributed by atoms with Crippen LogP contribution in [0.4, 0.5) is 5.69 Å². The summed E-state index contributed by atoms with van der Waals surface area (Å²) in [5, 5.41) is 9.90. The molecule has 5 nitrogen and oxygen atoms in total. The molecule has 0 radical (unpaired) electrons. The van der Waals surface area contributed by atoms with Gasteiger partial charge in [0.1, 0.15) is 0 Å². The summed E-state index contributed by atoms with van der Waals surface area (Å²) in [6.45, 7) is 5.87. The molecule has 0 atom stereocenters. The zero-order valence-corrected chi connectivity index (χ0v) is 13.0. The molecule has 1 aromatic carbocycles. The standard InChI is InChI=1S/C15H17N3O2S/c1-8-9(2)17-15(18-10(8)3)21-7-11-5-4-6-12(16)13(11)14(19)20/h4-6H,7,16H2,1-3H3,(H,19,20). The molecular weight excluding hydrogens is 286 g/mol. The number of carboxylic acids is 1. The van der Waals surface area contributed by atoms with Crippen molar-refractivity contribution in [2.75, 3.05) is 5.73 Å². The molecule has 0 fully saturated rings. The molecule has 0 unspecified atom stereocenters. The number of carbonyl (C=O) groups is 1. The number of thioether (sulfide) groups is 1. The summed E-state index contributed by atoms with van der Waals surface area (Å²) in [6, 6.07) is 5.11. The monoisotopic (exact) mass is 303 g/mol. The first-order valence-electron chi connectivity index (χ1n) is 6.45. The van der Waals surface area contributed by atoms with Gasteiger partial charge in [-0.1, -0.05) is 23.9 Å². The van der Waals surface area contributed by atoms with Crippen molar-refractivity contribution in [3.05, 3.63) is 46.3 Å². The van der Waals surface area contributed by atoms with Gasteiger partial charge in [-0.2, -0.15) is 0 Å². The molecule has 1 heterocycles. The first kappa shape index (κ1) is 15.3. The highest BCUT2D eigenvalue weighted by Crippen LogP contribution is 2.25. The van der Waals surface area contributed by atoms with E-state index in [1.165, 1.54) is 11.8 Å². The molecule has 6 heteroatoms. The first-order valence-corrected chi connectivity index (χ1v) is 7.44. The maximum absolute atomic E-state index is 11.3. The Bertz CT molecular complexity index is 678. The average Bonchev–Trinajstić information content (AvgIpc) is 2.41. The van der Waals surface area contributed by atoms with Gasteiger partial charge in [0, 0.05) is 22.8 Å². The van der Waals surface area contributed by atoms with E-state index in [0.29, 0.717) is 16.5 Å². The summed E-state index contributed by atoms with van der Waals surface area (Å²) < 4.78 is 0. The van der Waals surface area contributed by atoms with E-state index in [1.54, 1.807) is 18.2 Å². The van der Waals surface area contributed by atoms with Crippen molar-refractivity contribution in [2.24, 2.45) is 0 Å². The van der Waals surface area contributed by atoms with E-state index in [4.69, 9.17) is 5.73 Å². The van der Waals surface area contributed by atoms with Crippen LogP contribution in [0.25, 0.3) is 0 Å². The lowest BCUT2D eigenvalue weighted by Crippen LogP contribution is -2.06. The molecule has 3 N–H and O–H groups in total. The zero-order chi connectivity index (χ0) is 15.6. The molecule has 0 amide bonds. The van der Waals surface area contributed by atoms with Gasteiger partial charge >= 0.3 is 5.97 Å². The van der Waals surface area contributed by atoms with Crippen LogP contribution >= 0.6 is 11.8 Å². The number of nitrogen functional groups attached to an aromatic ring is 1. The highest BCUT2D eigenvalue weighted by molar-refractivity contribution is 7.98. The van der Waals surface area contributed by atoms with E-state index < -0.39 is 5.97 Å². The lowest BCUT2D eigenvalue weighted by molar-refractivity contribution is 0.0697. The van der Waals surface area contributed by atoms with Gasteiger partial charge in [-0.25, -0.2) is 14.8 Å².